The van der Waals surface area contributed by atoms with Gasteiger partial charge in [0.25, 0.3) is 10.0 Å². The Hall–Kier alpha value is -1.41. The zero-order valence-electron chi connectivity index (χ0n) is 9.91. The van der Waals surface area contributed by atoms with Crippen LogP contribution >= 0.6 is 0 Å². The SMILES string of the molecule is CC1CC(C(=O)O)CCN1S(=O)(=O)c1cnc[nH]1. The molecule has 1 aromatic rings. The van der Waals surface area contributed by atoms with Crippen LogP contribution in [-0.4, -0.2) is 46.4 Å². The van der Waals surface area contributed by atoms with Crippen LogP contribution in [-0.2, 0) is 14.8 Å². The Kier molecular flexibility index (Phi) is 3.40. The molecule has 2 rings (SSSR count). The molecule has 0 amide bonds. The highest BCUT2D eigenvalue weighted by Gasteiger charge is 2.37. The second kappa shape index (κ2) is 4.69. The maximum atomic E-state index is 12.2. The Balaban J connectivity index is 2.19. The Labute approximate surface area is 105 Å². The van der Waals surface area contributed by atoms with Gasteiger partial charge in [-0.25, -0.2) is 13.4 Å². The van der Waals surface area contributed by atoms with E-state index < -0.39 is 21.9 Å². The summed E-state index contributed by atoms with van der Waals surface area (Å²) in [4.78, 5) is 17.2. The first kappa shape index (κ1) is 13.0. The molecule has 1 aliphatic heterocycles. The molecule has 0 saturated carbocycles. The molecule has 1 saturated heterocycles. The lowest BCUT2D eigenvalue weighted by Gasteiger charge is -2.34. The molecule has 1 aliphatic rings. The van der Waals surface area contributed by atoms with Crippen molar-refractivity contribution in [3.8, 4) is 0 Å². The highest BCUT2D eigenvalue weighted by atomic mass is 32.2. The van der Waals surface area contributed by atoms with E-state index in [1.807, 2.05) is 0 Å². The smallest absolute Gasteiger partial charge is 0.306 e. The second-order valence-electron chi connectivity index (χ2n) is 4.44. The molecule has 18 heavy (non-hydrogen) atoms. The van der Waals surface area contributed by atoms with E-state index in [0.29, 0.717) is 12.8 Å². The third-order valence-electron chi connectivity index (χ3n) is 3.22. The molecular weight excluding hydrogens is 258 g/mol. The molecule has 2 atom stereocenters. The average Bonchev–Trinajstić information content (AvgIpc) is 2.82. The monoisotopic (exact) mass is 273 g/mol. The Morgan fingerprint density at radius 1 is 1.61 bits per heavy atom. The summed E-state index contributed by atoms with van der Waals surface area (Å²) in [6.07, 6.45) is 3.24. The van der Waals surface area contributed by atoms with Gasteiger partial charge in [0.05, 0.1) is 18.4 Å². The van der Waals surface area contributed by atoms with Crippen molar-refractivity contribution in [1.29, 1.82) is 0 Å². The van der Waals surface area contributed by atoms with Gasteiger partial charge in [0, 0.05) is 12.6 Å². The third-order valence-corrected chi connectivity index (χ3v) is 5.16. The van der Waals surface area contributed by atoms with Crippen LogP contribution < -0.4 is 0 Å². The Bertz CT molecular complexity index is 525. The van der Waals surface area contributed by atoms with Gasteiger partial charge in [0.2, 0.25) is 0 Å². The van der Waals surface area contributed by atoms with Gasteiger partial charge in [-0.15, -0.1) is 0 Å². The molecular formula is C10H15N3O4S. The van der Waals surface area contributed by atoms with E-state index in [2.05, 4.69) is 9.97 Å². The lowest BCUT2D eigenvalue weighted by molar-refractivity contribution is -0.143. The van der Waals surface area contributed by atoms with Gasteiger partial charge in [-0.3, -0.25) is 4.79 Å². The topological polar surface area (TPSA) is 103 Å². The molecule has 0 aliphatic carbocycles. The van der Waals surface area contributed by atoms with Gasteiger partial charge in [-0.2, -0.15) is 4.31 Å². The number of nitrogens with one attached hydrogen (secondary N) is 1. The quantitative estimate of drug-likeness (QED) is 0.823. The van der Waals surface area contributed by atoms with E-state index in [9.17, 15) is 13.2 Å². The summed E-state index contributed by atoms with van der Waals surface area (Å²) in [5.41, 5.74) is 0. The number of aliphatic carboxylic acids is 1. The highest BCUT2D eigenvalue weighted by molar-refractivity contribution is 7.89. The minimum absolute atomic E-state index is 0.0446. The lowest BCUT2D eigenvalue weighted by atomic mass is 9.93. The van der Waals surface area contributed by atoms with Crippen molar-refractivity contribution in [3.05, 3.63) is 12.5 Å². The van der Waals surface area contributed by atoms with E-state index in [1.54, 1.807) is 6.92 Å². The predicted molar refractivity (Wildman–Crippen MR) is 62.3 cm³/mol. The van der Waals surface area contributed by atoms with Crippen molar-refractivity contribution in [1.82, 2.24) is 14.3 Å². The summed E-state index contributed by atoms with van der Waals surface area (Å²) in [7, 11) is -3.59. The van der Waals surface area contributed by atoms with Crippen LogP contribution in [0.3, 0.4) is 0 Å². The number of sulfonamides is 1. The number of aromatic nitrogens is 2. The number of carbonyl (C=O) groups is 1. The minimum Gasteiger partial charge on any atom is -0.481 e. The summed E-state index contributed by atoms with van der Waals surface area (Å²) in [5, 5.41) is 8.99. The number of hydrogen-bond donors (Lipinski definition) is 2. The van der Waals surface area contributed by atoms with Crippen molar-refractivity contribution >= 4 is 16.0 Å². The molecule has 2 heterocycles. The number of piperidine rings is 1. The molecule has 8 heteroatoms. The van der Waals surface area contributed by atoms with Crippen molar-refractivity contribution in [3.63, 3.8) is 0 Å². The number of H-pyrrole nitrogens is 1. The number of imidazole rings is 1. The highest BCUT2D eigenvalue weighted by Crippen LogP contribution is 2.27. The molecule has 0 aromatic carbocycles. The molecule has 0 spiro atoms. The van der Waals surface area contributed by atoms with Crippen LogP contribution in [0.1, 0.15) is 19.8 Å². The second-order valence-corrected chi connectivity index (χ2v) is 6.30. The van der Waals surface area contributed by atoms with Crippen molar-refractivity contribution in [2.45, 2.75) is 30.8 Å². The molecule has 1 fully saturated rings. The summed E-state index contributed by atoms with van der Waals surface area (Å²) in [5.74, 6) is -1.33. The van der Waals surface area contributed by atoms with Gasteiger partial charge in [-0.05, 0) is 19.8 Å². The summed E-state index contributed by atoms with van der Waals surface area (Å²) >= 11 is 0. The molecule has 2 N–H and O–H groups in total. The fourth-order valence-electron chi connectivity index (χ4n) is 2.24. The van der Waals surface area contributed by atoms with Gasteiger partial charge >= 0.3 is 5.97 Å². The summed E-state index contributed by atoms with van der Waals surface area (Å²) in [6.45, 7) is 1.95. The average molecular weight is 273 g/mol. The standard InChI is InChI=1S/C10H15N3O4S/c1-7-4-8(10(14)15)2-3-13(7)18(16,17)9-5-11-6-12-9/h5-8H,2-4H2,1H3,(H,11,12)(H,14,15). The van der Waals surface area contributed by atoms with Crippen LogP contribution in [0.25, 0.3) is 0 Å². The van der Waals surface area contributed by atoms with Gasteiger partial charge in [-0.1, -0.05) is 0 Å². The van der Waals surface area contributed by atoms with Gasteiger partial charge in [0.1, 0.15) is 0 Å². The number of carboxylic acid groups (broad SMARTS) is 1. The first-order valence-electron chi connectivity index (χ1n) is 5.66. The van der Waals surface area contributed by atoms with Crippen LogP contribution in [0.15, 0.2) is 17.6 Å². The van der Waals surface area contributed by atoms with E-state index in [0.717, 1.165) is 0 Å². The van der Waals surface area contributed by atoms with Gasteiger partial charge < -0.3 is 10.1 Å². The van der Waals surface area contributed by atoms with Crippen LogP contribution in [0.5, 0.6) is 0 Å². The van der Waals surface area contributed by atoms with Crippen LogP contribution in [0, 0.1) is 5.92 Å². The number of aromatic amines is 1. The van der Waals surface area contributed by atoms with Gasteiger partial charge in [0.15, 0.2) is 5.03 Å². The normalized spacial score (nSPS) is 26.1. The van der Waals surface area contributed by atoms with E-state index in [1.165, 1.54) is 16.8 Å². The summed E-state index contributed by atoms with van der Waals surface area (Å²) in [6, 6.07) is -0.326. The zero-order valence-corrected chi connectivity index (χ0v) is 10.7. The fourth-order valence-corrected chi connectivity index (χ4v) is 3.80. The molecule has 7 nitrogen and oxygen atoms in total. The molecule has 2 unspecified atom stereocenters. The van der Waals surface area contributed by atoms with E-state index in [4.69, 9.17) is 5.11 Å². The maximum absolute atomic E-state index is 12.2. The number of nitrogens with zero attached hydrogens (tertiary/aromatic N) is 2. The fraction of sp³-hybridized carbons (Fsp3) is 0.600. The largest absolute Gasteiger partial charge is 0.481 e. The lowest BCUT2D eigenvalue weighted by Crippen LogP contribution is -2.46. The molecule has 0 radical (unpaired) electrons. The first-order chi connectivity index (χ1) is 8.43. The van der Waals surface area contributed by atoms with E-state index in [-0.39, 0.29) is 17.6 Å². The van der Waals surface area contributed by atoms with Crippen molar-refractivity contribution in [2.75, 3.05) is 6.54 Å². The maximum Gasteiger partial charge on any atom is 0.306 e. The Morgan fingerprint density at radius 3 is 2.83 bits per heavy atom. The number of hydrogen-bond acceptors (Lipinski definition) is 4. The zero-order chi connectivity index (χ0) is 13.3. The minimum atomic E-state index is -3.59. The Morgan fingerprint density at radius 2 is 2.33 bits per heavy atom. The van der Waals surface area contributed by atoms with Crippen molar-refractivity contribution < 1.29 is 18.3 Å². The van der Waals surface area contributed by atoms with Crippen LogP contribution in [0.2, 0.25) is 0 Å². The molecule has 100 valence electrons. The predicted octanol–water partition coefficient (Wildman–Crippen LogP) is 0.283. The van der Waals surface area contributed by atoms with Crippen LogP contribution in [0.4, 0.5) is 0 Å². The first-order valence-corrected chi connectivity index (χ1v) is 7.10. The van der Waals surface area contributed by atoms with Crippen molar-refractivity contribution in [2.24, 2.45) is 5.92 Å². The number of rotatable bonds is 3. The molecule has 0 bridgehead atoms. The van der Waals surface area contributed by atoms with E-state index >= 15 is 0 Å². The summed E-state index contributed by atoms with van der Waals surface area (Å²) < 4.78 is 25.8. The third kappa shape index (κ3) is 2.25. The number of carboxylic acids is 1. The molecule has 1 aromatic heterocycles.